The van der Waals surface area contributed by atoms with Crippen molar-refractivity contribution in [1.29, 1.82) is 0 Å². The van der Waals surface area contributed by atoms with Crippen LogP contribution in [0, 0.1) is 0 Å². The number of nitrogens with one attached hydrogen (secondary N) is 1. The van der Waals surface area contributed by atoms with E-state index in [1.165, 1.54) is 0 Å². The molecule has 5 heteroatoms. The SMILES string of the molecule is COC(C)CNc1nccc(OC(C)C)n1. The molecule has 0 aliphatic heterocycles. The number of rotatable bonds is 6. The third-order valence-electron chi connectivity index (χ3n) is 1.94. The molecule has 1 aromatic rings. The van der Waals surface area contributed by atoms with E-state index in [9.17, 15) is 0 Å². The van der Waals surface area contributed by atoms with E-state index in [-0.39, 0.29) is 12.2 Å². The molecular weight excluding hydrogens is 206 g/mol. The number of hydrogen-bond acceptors (Lipinski definition) is 5. The molecule has 90 valence electrons. The number of hydrogen-bond donors (Lipinski definition) is 1. The lowest BCUT2D eigenvalue weighted by Gasteiger charge is -2.12. The van der Waals surface area contributed by atoms with Crippen molar-refractivity contribution in [2.45, 2.75) is 33.0 Å². The van der Waals surface area contributed by atoms with Gasteiger partial charge in [0.25, 0.3) is 0 Å². The van der Waals surface area contributed by atoms with Gasteiger partial charge in [-0.25, -0.2) is 4.98 Å². The molecular formula is C11H19N3O2. The van der Waals surface area contributed by atoms with Gasteiger partial charge in [0.05, 0.1) is 12.2 Å². The zero-order valence-corrected chi connectivity index (χ0v) is 10.2. The minimum absolute atomic E-state index is 0.112. The van der Waals surface area contributed by atoms with E-state index >= 15 is 0 Å². The first kappa shape index (κ1) is 12.7. The largest absolute Gasteiger partial charge is 0.475 e. The van der Waals surface area contributed by atoms with Gasteiger partial charge in [0.15, 0.2) is 0 Å². The quantitative estimate of drug-likeness (QED) is 0.798. The summed E-state index contributed by atoms with van der Waals surface area (Å²) in [4.78, 5) is 8.31. The van der Waals surface area contributed by atoms with Crippen molar-refractivity contribution in [1.82, 2.24) is 9.97 Å². The first-order valence-corrected chi connectivity index (χ1v) is 5.38. The first-order chi connectivity index (χ1) is 7.61. The van der Waals surface area contributed by atoms with Gasteiger partial charge in [-0.15, -0.1) is 0 Å². The summed E-state index contributed by atoms with van der Waals surface area (Å²) in [6.45, 7) is 6.56. The average molecular weight is 225 g/mol. The Labute approximate surface area is 96.2 Å². The summed E-state index contributed by atoms with van der Waals surface area (Å²) >= 11 is 0. The number of aromatic nitrogens is 2. The molecule has 0 saturated carbocycles. The zero-order chi connectivity index (χ0) is 12.0. The standard InChI is InChI=1S/C11H19N3O2/c1-8(2)16-10-5-6-12-11(14-10)13-7-9(3)15-4/h5-6,8-9H,7H2,1-4H3,(H,12,13,14). The summed E-state index contributed by atoms with van der Waals surface area (Å²) in [6.07, 6.45) is 1.91. The van der Waals surface area contributed by atoms with Gasteiger partial charge in [-0.3, -0.25) is 0 Å². The Bertz CT molecular complexity index is 318. The number of ether oxygens (including phenoxy) is 2. The molecule has 1 heterocycles. The minimum atomic E-state index is 0.112. The van der Waals surface area contributed by atoms with Crippen molar-refractivity contribution < 1.29 is 9.47 Å². The highest BCUT2D eigenvalue weighted by Gasteiger charge is 2.03. The van der Waals surface area contributed by atoms with Crippen LogP contribution >= 0.6 is 0 Å². The smallest absolute Gasteiger partial charge is 0.226 e. The third-order valence-corrected chi connectivity index (χ3v) is 1.94. The van der Waals surface area contributed by atoms with Crippen LogP contribution in [0.25, 0.3) is 0 Å². The van der Waals surface area contributed by atoms with Crippen LogP contribution < -0.4 is 10.1 Å². The highest BCUT2D eigenvalue weighted by molar-refractivity contribution is 5.27. The summed E-state index contributed by atoms with van der Waals surface area (Å²) in [6, 6.07) is 1.74. The maximum atomic E-state index is 5.47. The average Bonchev–Trinajstić information content (AvgIpc) is 2.25. The van der Waals surface area contributed by atoms with Gasteiger partial charge >= 0.3 is 0 Å². The van der Waals surface area contributed by atoms with Crippen LogP contribution in [0.4, 0.5) is 5.95 Å². The summed E-state index contributed by atoms with van der Waals surface area (Å²) in [5, 5.41) is 3.08. The molecule has 1 N–H and O–H groups in total. The molecule has 0 aliphatic rings. The van der Waals surface area contributed by atoms with E-state index in [4.69, 9.17) is 9.47 Å². The number of anilines is 1. The summed E-state index contributed by atoms with van der Waals surface area (Å²) in [7, 11) is 1.67. The van der Waals surface area contributed by atoms with Gasteiger partial charge < -0.3 is 14.8 Å². The molecule has 0 spiro atoms. The third kappa shape index (κ3) is 4.44. The van der Waals surface area contributed by atoms with E-state index in [1.807, 2.05) is 20.8 Å². The van der Waals surface area contributed by atoms with Crippen LogP contribution in [-0.2, 0) is 4.74 Å². The van der Waals surface area contributed by atoms with E-state index in [0.29, 0.717) is 18.4 Å². The van der Waals surface area contributed by atoms with Gasteiger partial charge in [0.2, 0.25) is 11.8 Å². The maximum Gasteiger partial charge on any atom is 0.226 e. The van der Waals surface area contributed by atoms with Gasteiger partial charge in [-0.05, 0) is 20.8 Å². The monoisotopic (exact) mass is 225 g/mol. The molecule has 0 fully saturated rings. The van der Waals surface area contributed by atoms with Crippen LogP contribution in [0.3, 0.4) is 0 Å². The molecule has 1 rings (SSSR count). The molecule has 1 atom stereocenters. The van der Waals surface area contributed by atoms with Gasteiger partial charge in [0.1, 0.15) is 0 Å². The van der Waals surface area contributed by atoms with E-state index in [2.05, 4.69) is 15.3 Å². The van der Waals surface area contributed by atoms with Crippen molar-refractivity contribution in [3.05, 3.63) is 12.3 Å². The van der Waals surface area contributed by atoms with E-state index < -0.39 is 0 Å². The Morgan fingerprint density at radius 1 is 1.38 bits per heavy atom. The predicted octanol–water partition coefficient (Wildman–Crippen LogP) is 1.71. The summed E-state index contributed by atoms with van der Waals surface area (Å²) in [5.41, 5.74) is 0. The fourth-order valence-corrected chi connectivity index (χ4v) is 1.05. The highest BCUT2D eigenvalue weighted by atomic mass is 16.5. The van der Waals surface area contributed by atoms with Crippen LogP contribution in [0.15, 0.2) is 12.3 Å². The van der Waals surface area contributed by atoms with Gasteiger partial charge in [0, 0.05) is 25.9 Å². The molecule has 1 aromatic heterocycles. The number of methoxy groups -OCH3 is 1. The van der Waals surface area contributed by atoms with Crippen molar-refractivity contribution >= 4 is 5.95 Å². The Morgan fingerprint density at radius 2 is 2.12 bits per heavy atom. The molecule has 1 unspecified atom stereocenters. The molecule has 0 saturated heterocycles. The Balaban J connectivity index is 2.53. The van der Waals surface area contributed by atoms with E-state index in [0.717, 1.165) is 0 Å². The fraction of sp³-hybridized carbons (Fsp3) is 0.636. The van der Waals surface area contributed by atoms with Gasteiger partial charge in [-0.2, -0.15) is 4.98 Å². The first-order valence-electron chi connectivity index (χ1n) is 5.38. The highest BCUT2D eigenvalue weighted by Crippen LogP contribution is 2.10. The number of nitrogens with zero attached hydrogens (tertiary/aromatic N) is 2. The lowest BCUT2D eigenvalue weighted by atomic mass is 10.4. The normalized spacial score (nSPS) is 12.6. The molecule has 0 radical (unpaired) electrons. The van der Waals surface area contributed by atoms with Crippen molar-refractivity contribution in [2.24, 2.45) is 0 Å². The van der Waals surface area contributed by atoms with Crippen LogP contribution in [-0.4, -0.2) is 35.8 Å². The van der Waals surface area contributed by atoms with Crippen LogP contribution in [0.1, 0.15) is 20.8 Å². The molecule has 0 amide bonds. The van der Waals surface area contributed by atoms with Crippen molar-refractivity contribution in [3.63, 3.8) is 0 Å². The topological polar surface area (TPSA) is 56.3 Å². The zero-order valence-electron chi connectivity index (χ0n) is 10.2. The lowest BCUT2D eigenvalue weighted by molar-refractivity contribution is 0.128. The molecule has 5 nitrogen and oxygen atoms in total. The maximum absolute atomic E-state index is 5.47. The second-order valence-electron chi connectivity index (χ2n) is 3.81. The summed E-state index contributed by atoms with van der Waals surface area (Å²) in [5.74, 6) is 1.14. The Hall–Kier alpha value is -1.36. The summed E-state index contributed by atoms with van der Waals surface area (Å²) < 4.78 is 10.6. The predicted molar refractivity (Wildman–Crippen MR) is 62.8 cm³/mol. The fourth-order valence-electron chi connectivity index (χ4n) is 1.05. The minimum Gasteiger partial charge on any atom is -0.475 e. The molecule has 0 aromatic carbocycles. The Kier molecular flexibility index (Phi) is 4.98. The molecule has 0 aliphatic carbocycles. The second-order valence-corrected chi connectivity index (χ2v) is 3.81. The molecule has 0 bridgehead atoms. The second kappa shape index (κ2) is 6.27. The Morgan fingerprint density at radius 3 is 2.75 bits per heavy atom. The van der Waals surface area contributed by atoms with Crippen molar-refractivity contribution in [3.8, 4) is 5.88 Å². The van der Waals surface area contributed by atoms with Gasteiger partial charge in [-0.1, -0.05) is 0 Å². The van der Waals surface area contributed by atoms with Crippen LogP contribution in [0.5, 0.6) is 5.88 Å². The van der Waals surface area contributed by atoms with Crippen molar-refractivity contribution in [2.75, 3.05) is 19.0 Å². The van der Waals surface area contributed by atoms with Crippen LogP contribution in [0.2, 0.25) is 0 Å². The lowest BCUT2D eigenvalue weighted by Crippen LogP contribution is -2.19. The molecule has 16 heavy (non-hydrogen) atoms. The van der Waals surface area contributed by atoms with E-state index in [1.54, 1.807) is 19.4 Å².